The molecule has 0 aromatic heterocycles. The maximum absolute atomic E-state index is 10.5. The smallest absolute Gasteiger partial charge is 0.0833 e. The third kappa shape index (κ3) is 2.74. The van der Waals surface area contributed by atoms with Gasteiger partial charge in [-0.25, -0.2) is 0 Å². The molecule has 2 aromatic carbocycles. The molecule has 0 spiro atoms. The van der Waals surface area contributed by atoms with Crippen molar-refractivity contribution in [2.45, 2.75) is 38.7 Å². The summed E-state index contributed by atoms with van der Waals surface area (Å²) in [5.74, 6) is 0. The molecule has 2 aromatic rings. The number of fused-ring (bicyclic) bond motifs is 1. The number of aryl methyl sites for hydroxylation is 3. The van der Waals surface area contributed by atoms with Gasteiger partial charge in [-0.1, -0.05) is 35.9 Å². The van der Waals surface area contributed by atoms with Crippen LogP contribution in [0.25, 0.3) is 0 Å². The van der Waals surface area contributed by atoms with Crippen LogP contribution in [0.2, 0.25) is 5.02 Å². The Morgan fingerprint density at radius 3 is 2.75 bits per heavy atom. The monoisotopic (exact) mass is 286 g/mol. The predicted molar refractivity (Wildman–Crippen MR) is 83.3 cm³/mol. The van der Waals surface area contributed by atoms with Gasteiger partial charge in [0, 0.05) is 11.4 Å². The maximum atomic E-state index is 10.5. The van der Waals surface area contributed by atoms with Gasteiger partial charge in [0.15, 0.2) is 0 Å². The first-order valence-corrected chi connectivity index (χ1v) is 7.56. The zero-order valence-corrected chi connectivity index (χ0v) is 12.5. The second-order valence-electron chi connectivity index (χ2n) is 5.68. The average Bonchev–Trinajstić information content (AvgIpc) is 2.89. The molecule has 20 heavy (non-hydrogen) atoms. The Balaban J connectivity index is 1.82. The molecule has 1 atom stereocenters. The van der Waals surface area contributed by atoms with Crippen molar-refractivity contribution in [3.05, 3.63) is 69.2 Å². The van der Waals surface area contributed by atoms with E-state index in [1.165, 1.54) is 36.0 Å². The number of aliphatic hydroxyl groups is 1. The highest BCUT2D eigenvalue weighted by Crippen LogP contribution is 2.27. The number of rotatable bonds is 3. The third-order valence-electron chi connectivity index (χ3n) is 4.19. The lowest BCUT2D eigenvalue weighted by Gasteiger charge is -2.15. The van der Waals surface area contributed by atoms with Crippen LogP contribution in [0, 0.1) is 6.92 Å². The topological polar surface area (TPSA) is 20.2 Å². The Kier molecular flexibility index (Phi) is 3.82. The molecule has 1 aliphatic carbocycles. The van der Waals surface area contributed by atoms with Gasteiger partial charge in [0.05, 0.1) is 6.10 Å². The van der Waals surface area contributed by atoms with Gasteiger partial charge in [-0.05, 0) is 66.1 Å². The highest BCUT2D eigenvalue weighted by Gasteiger charge is 2.15. The van der Waals surface area contributed by atoms with Crippen molar-refractivity contribution in [1.29, 1.82) is 0 Å². The fourth-order valence-electron chi connectivity index (χ4n) is 3.06. The summed E-state index contributed by atoms with van der Waals surface area (Å²) in [6, 6.07) is 12.3. The molecule has 0 aliphatic heterocycles. The largest absolute Gasteiger partial charge is 0.388 e. The van der Waals surface area contributed by atoms with Crippen molar-refractivity contribution in [2.75, 3.05) is 0 Å². The molecule has 1 N–H and O–H groups in total. The SMILES string of the molecule is Cc1ccc(Cl)cc1C(O)Cc1ccc2c(c1)CCC2. The molecule has 0 fully saturated rings. The number of hydrogen-bond acceptors (Lipinski definition) is 1. The summed E-state index contributed by atoms with van der Waals surface area (Å²) < 4.78 is 0. The van der Waals surface area contributed by atoms with Crippen LogP contribution in [0.1, 0.15) is 40.3 Å². The Morgan fingerprint density at radius 1 is 1.10 bits per heavy atom. The van der Waals surface area contributed by atoms with Crippen LogP contribution in [0.5, 0.6) is 0 Å². The van der Waals surface area contributed by atoms with Crippen LogP contribution in [0.4, 0.5) is 0 Å². The average molecular weight is 287 g/mol. The van der Waals surface area contributed by atoms with Gasteiger partial charge in [0.25, 0.3) is 0 Å². The zero-order chi connectivity index (χ0) is 14.1. The van der Waals surface area contributed by atoms with Crippen molar-refractivity contribution >= 4 is 11.6 Å². The number of benzene rings is 2. The zero-order valence-electron chi connectivity index (χ0n) is 11.7. The molecule has 0 heterocycles. The van der Waals surface area contributed by atoms with Crippen molar-refractivity contribution < 1.29 is 5.11 Å². The normalized spacial score (nSPS) is 15.2. The second-order valence-corrected chi connectivity index (χ2v) is 6.11. The Labute approximate surface area is 125 Å². The first kappa shape index (κ1) is 13.7. The van der Waals surface area contributed by atoms with Crippen LogP contribution in [0.3, 0.4) is 0 Å². The van der Waals surface area contributed by atoms with E-state index >= 15 is 0 Å². The molecule has 0 bridgehead atoms. The number of halogens is 1. The number of hydrogen-bond donors (Lipinski definition) is 1. The lowest BCUT2D eigenvalue weighted by Crippen LogP contribution is -2.04. The van der Waals surface area contributed by atoms with Gasteiger partial charge in [0.2, 0.25) is 0 Å². The van der Waals surface area contributed by atoms with E-state index in [1.807, 2.05) is 25.1 Å². The molecular weight excluding hydrogens is 268 g/mol. The van der Waals surface area contributed by atoms with Crippen molar-refractivity contribution in [2.24, 2.45) is 0 Å². The molecule has 1 unspecified atom stereocenters. The van der Waals surface area contributed by atoms with E-state index in [0.717, 1.165) is 11.1 Å². The summed E-state index contributed by atoms with van der Waals surface area (Å²) in [6.45, 7) is 2.01. The van der Waals surface area contributed by atoms with Gasteiger partial charge >= 0.3 is 0 Å². The van der Waals surface area contributed by atoms with Crippen LogP contribution in [-0.4, -0.2) is 5.11 Å². The molecule has 1 aliphatic rings. The van der Waals surface area contributed by atoms with Gasteiger partial charge in [-0.3, -0.25) is 0 Å². The first-order valence-electron chi connectivity index (χ1n) is 7.18. The fourth-order valence-corrected chi connectivity index (χ4v) is 3.24. The van der Waals surface area contributed by atoms with Crippen LogP contribution in [0.15, 0.2) is 36.4 Å². The summed E-state index contributed by atoms with van der Waals surface area (Å²) in [7, 11) is 0. The minimum Gasteiger partial charge on any atom is -0.388 e. The molecule has 3 rings (SSSR count). The quantitative estimate of drug-likeness (QED) is 0.886. The van der Waals surface area contributed by atoms with Gasteiger partial charge < -0.3 is 5.11 Å². The van der Waals surface area contributed by atoms with Gasteiger partial charge in [-0.2, -0.15) is 0 Å². The van der Waals surface area contributed by atoms with Crippen LogP contribution < -0.4 is 0 Å². The lowest BCUT2D eigenvalue weighted by atomic mass is 9.96. The van der Waals surface area contributed by atoms with Crippen molar-refractivity contribution in [3.63, 3.8) is 0 Å². The maximum Gasteiger partial charge on any atom is 0.0833 e. The van der Waals surface area contributed by atoms with E-state index in [1.54, 1.807) is 0 Å². The first-order chi connectivity index (χ1) is 9.63. The van der Waals surface area contributed by atoms with Crippen LogP contribution >= 0.6 is 11.6 Å². The highest BCUT2D eigenvalue weighted by molar-refractivity contribution is 6.30. The van der Waals surface area contributed by atoms with E-state index in [-0.39, 0.29) is 0 Å². The molecule has 0 saturated carbocycles. The van der Waals surface area contributed by atoms with E-state index in [4.69, 9.17) is 11.6 Å². The minimum absolute atomic E-state index is 0.492. The Morgan fingerprint density at radius 2 is 1.90 bits per heavy atom. The lowest BCUT2D eigenvalue weighted by molar-refractivity contribution is 0.177. The standard InChI is InChI=1S/C18H19ClO/c1-12-5-8-16(19)11-17(12)18(20)10-13-6-7-14-3-2-4-15(14)9-13/h5-9,11,18,20H,2-4,10H2,1H3. The van der Waals surface area contributed by atoms with Crippen molar-refractivity contribution in [3.8, 4) is 0 Å². The van der Waals surface area contributed by atoms with Gasteiger partial charge in [-0.15, -0.1) is 0 Å². The second kappa shape index (κ2) is 5.59. The summed E-state index contributed by atoms with van der Waals surface area (Å²) in [5.41, 5.74) is 6.15. The molecule has 1 nitrogen and oxygen atoms in total. The Hall–Kier alpha value is -1.31. The summed E-state index contributed by atoms with van der Waals surface area (Å²) in [5, 5.41) is 11.1. The van der Waals surface area contributed by atoms with E-state index in [2.05, 4.69) is 18.2 Å². The fraction of sp³-hybridized carbons (Fsp3) is 0.333. The molecular formula is C18H19ClO. The molecule has 0 radical (unpaired) electrons. The highest BCUT2D eigenvalue weighted by atomic mass is 35.5. The minimum atomic E-state index is -0.492. The summed E-state index contributed by atoms with van der Waals surface area (Å²) in [4.78, 5) is 0. The number of aliphatic hydroxyl groups excluding tert-OH is 1. The molecule has 104 valence electrons. The molecule has 0 amide bonds. The van der Waals surface area contributed by atoms with Crippen molar-refractivity contribution in [1.82, 2.24) is 0 Å². The van der Waals surface area contributed by atoms with Crippen LogP contribution in [-0.2, 0) is 19.3 Å². The summed E-state index contributed by atoms with van der Waals surface area (Å²) >= 11 is 6.03. The Bertz CT molecular complexity index is 633. The van der Waals surface area contributed by atoms with E-state index < -0.39 is 6.10 Å². The predicted octanol–water partition coefficient (Wildman–Crippen LogP) is 4.41. The summed E-state index contributed by atoms with van der Waals surface area (Å²) in [6.07, 6.45) is 3.79. The third-order valence-corrected chi connectivity index (χ3v) is 4.43. The molecule has 2 heteroatoms. The van der Waals surface area contributed by atoms with E-state index in [0.29, 0.717) is 11.4 Å². The van der Waals surface area contributed by atoms with Gasteiger partial charge in [0.1, 0.15) is 0 Å². The van der Waals surface area contributed by atoms with E-state index in [9.17, 15) is 5.11 Å². The molecule has 0 saturated heterocycles.